The van der Waals surface area contributed by atoms with Gasteiger partial charge in [0.15, 0.2) is 0 Å². The minimum absolute atomic E-state index is 0.148. The van der Waals surface area contributed by atoms with Crippen LogP contribution in [0.5, 0.6) is 0 Å². The second-order valence-electron chi connectivity index (χ2n) is 3.69. The third kappa shape index (κ3) is 5.16. The van der Waals surface area contributed by atoms with Gasteiger partial charge < -0.3 is 14.6 Å². The van der Waals surface area contributed by atoms with E-state index in [1.807, 2.05) is 13.8 Å². The first-order valence-corrected chi connectivity index (χ1v) is 4.43. The highest BCUT2D eigenvalue weighted by molar-refractivity contribution is 5.73. The van der Waals surface area contributed by atoms with Crippen molar-refractivity contribution in [1.29, 1.82) is 0 Å². The molecule has 0 saturated heterocycles. The van der Waals surface area contributed by atoms with Crippen LogP contribution in [0.25, 0.3) is 0 Å². The molecule has 0 saturated carbocycles. The summed E-state index contributed by atoms with van der Waals surface area (Å²) in [5, 5.41) is 11.7. The van der Waals surface area contributed by atoms with E-state index in [1.165, 1.54) is 7.11 Å². The van der Waals surface area contributed by atoms with Gasteiger partial charge in [-0.05, 0) is 13.8 Å². The molecule has 84 valence electrons. The zero-order valence-electron chi connectivity index (χ0n) is 9.16. The quantitative estimate of drug-likeness (QED) is 0.617. The van der Waals surface area contributed by atoms with Crippen molar-refractivity contribution in [1.82, 2.24) is 5.32 Å². The zero-order valence-corrected chi connectivity index (χ0v) is 9.16. The van der Waals surface area contributed by atoms with Gasteiger partial charge in [0.05, 0.1) is 12.2 Å². The molecule has 1 unspecified atom stereocenters. The smallest absolute Gasteiger partial charge is 0.323 e. The molecule has 0 aliphatic carbocycles. The summed E-state index contributed by atoms with van der Waals surface area (Å²) in [7, 11) is 3.06. The Morgan fingerprint density at radius 3 is 2.43 bits per heavy atom. The fourth-order valence-corrected chi connectivity index (χ4v) is 0.825. The van der Waals surface area contributed by atoms with Gasteiger partial charge in [0.1, 0.15) is 6.04 Å². The van der Waals surface area contributed by atoms with Crippen LogP contribution >= 0.6 is 0 Å². The summed E-state index contributed by atoms with van der Waals surface area (Å²) in [5.74, 6) is -0.918. The maximum Gasteiger partial charge on any atom is 0.323 e. The lowest BCUT2D eigenvalue weighted by Gasteiger charge is -2.25. The molecule has 0 aliphatic heterocycles. The molecular weight excluding hydrogens is 186 g/mol. The molecule has 2 N–H and O–H groups in total. The number of carboxylic acid groups (broad SMARTS) is 1. The molecule has 0 heterocycles. The third-order valence-electron chi connectivity index (χ3n) is 1.96. The molecule has 0 aromatic rings. The Morgan fingerprint density at radius 2 is 2.07 bits per heavy atom. The molecule has 14 heavy (non-hydrogen) atoms. The number of hydrogen-bond donors (Lipinski definition) is 2. The number of carbonyl (C=O) groups is 1. The Hall–Kier alpha value is -0.650. The molecule has 0 radical (unpaired) electrons. The summed E-state index contributed by atoms with van der Waals surface area (Å²) < 4.78 is 9.93. The minimum Gasteiger partial charge on any atom is -0.480 e. The van der Waals surface area contributed by atoms with Gasteiger partial charge in [-0.2, -0.15) is 0 Å². The number of nitrogens with one attached hydrogen (secondary N) is 1. The van der Waals surface area contributed by atoms with Crippen molar-refractivity contribution in [2.75, 3.05) is 27.4 Å². The Bertz CT molecular complexity index is 182. The summed E-state index contributed by atoms with van der Waals surface area (Å²) in [6.45, 7) is 4.37. The van der Waals surface area contributed by atoms with Crippen molar-refractivity contribution in [2.45, 2.75) is 25.5 Å². The highest BCUT2D eigenvalue weighted by Crippen LogP contribution is 2.05. The molecule has 5 heteroatoms. The standard InChI is InChI=1S/C9H19NO4/c1-9(2,14-4)6-10-7(5-13-3)8(11)12/h7,10H,5-6H2,1-4H3,(H,11,12). The van der Waals surface area contributed by atoms with E-state index in [-0.39, 0.29) is 12.2 Å². The van der Waals surface area contributed by atoms with Crippen molar-refractivity contribution in [3.63, 3.8) is 0 Å². The number of methoxy groups -OCH3 is 2. The number of aliphatic carboxylic acids is 1. The van der Waals surface area contributed by atoms with E-state index >= 15 is 0 Å². The van der Waals surface area contributed by atoms with Crippen LogP contribution in [0.2, 0.25) is 0 Å². The summed E-state index contributed by atoms with van der Waals surface area (Å²) >= 11 is 0. The minimum atomic E-state index is -0.918. The van der Waals surface area contributed by atoms with Crippen molar-refractivity contribution < 1.29 is 19.4 Å². The van der Waals surface area contributed by atoms with Crippen LogP contribution in [0.3, 0.4) is 0 Å². The summed E-state index contributed by atoms with van der Waals surface area (Å²) in [4.78, 5) is 10.7. The normalized spacial score (nSPS) is 14.0. The summed E-state index contributed by atoms with van der Waals surface area (Å²) in [5.41, 5.74) is -0.374. The lowest BCUT2D eigenvalue weighted by molar-refractivity contribution is -0.141. The van der Waals surface area contributed by atoms with Crippen LogP contribution < -0.4 is 5.32 Å². The SMILES string of the molecule is COCC(NCC(C)(C)OC)C(=O)O. The van der Waals surface area contributed by atoms with E-state index in [9.17, 15) is 4.79 Å². The van der Waals surface area contributed by atoms with Crippen LogP contribution in [0.15, 0.2) is 0 Å². The molecule has 5 nitrogen and oxygen atoms in total. The van der Waals surface area contributed by atoms with Gasteiger partial charge in [-0.15, -0.1) is 0 Å². The predicted octanol–water partition coefficient (Wildman–Crippen LogP) is 0.101. The van der Waals surface area contributed by atoms with Crippen LogP contribution in [-0.2, 0) is 14.3 Å². The average molecular weight is 205 g/mol. The Morgan fingerprint density at radius 1 is 1.50 bits per heavy atom. The third-order valence-corrected chi connectivity index (χ3v) is 1.96. The Kier molecular flexibility index (Phi) is 5.68. The highest BCUT2D eigenvalue weighted by atomic mass is 16.5. The predicted molar refractivity (Wildman–Crippen MR) is 52.4 cm³/mol. The fraction of sp³-hybridized carbons (Fsp3) is 0.889. The van der Waals surface area contributed by atoms with Crippen molar-refractivity contribution in [3.05, 3.63) is 0 Å². The van der Waals surface area contributed by atoms with Crippen LogP contribution in [0, 0.1) is 0 Å². The van der Waals surface area contributed by atoms with E-state index in [0.717, 1.165) is 0 Å². The van der Waals surface area contributed by atoms with Gasteiger partial charge >= 0.3 is 5.97 Å². The molecule has 0 bridgehead atoms. The fourth-order valence-electron chi connectivity index (χ4n) is 0.825. The van der Waals surface area contributed by atoms with Gasteiger partial charge in [0.2, 0.25) is 0 Å². The summed E-state index contributed by atoms with van der Waals surface area (Å²) in [6.07, 6.45) is 0. The topological polar surface area (TPSA) is 67.8 Å². The average Bonchev–Trinajstić information content (AvgIpc) is 2.12. The molecule has 0 fully saturated rings. The Balaban J connectivity index is 3.99. The van der Waals surface area contributed by atoms with E-state index in [4.69, 9.17) is 14.6 Å². The molecule has 1 atom stereocenters. The second kappa shape index (κ2) is 5.95. The zero-order chi connectivity index (χ0) is 11.2. The van der Waals surface area contributed by atoms with Crippen LogP contribution in [0.4, 0.5) is 0 Å². The first kappa shape index (κ1) is 13.4. The summed E-state index contributed by atoms with van der Waals surface area (Å²) in [6, 6.07) is -0.686. The van der Waals surface area contributed by atoms with Gasteiger partial charge in [0.25, 0.3) is 0 Å². The molecular formula is C9H19NO4. The van der Waals surface area contributed by atoms with Crippen LogP contribution in [0.1, 0.15) is 13.8 Å². The number of hydrogen-bond acceptors (Lipinski definition) is 4. The number of ether oxygens (including phenoxy) is 2. The first-order valence-electron chi connectivity index (χ1n) is 4.43. The van der Waals surface area contributed by atoms with E-state index in [2.05, 4.69) is 5.32 Å². The van der Waals surface area contributed by atoms with Crippen LogP contribution in [-0.4, -0.2) is 50.1 Å². The largest absolute Gasteiger partial charge is 0.480 e. The van der Waals surface area contributed by atoms with E-state index in [0.29, 0.717) is 6.54 Å². The van der Waals surface area contributed by atoms with Crippen molar-refractivity contribution in [3.8, 4) is 0 Å². The van der Waals surface area contributed by atoms with Gasteiger partial charge in [-0.1, -0.05) is 0 Å². The molecule has 0 amide bonds. The van der Waals surface area contributed by atoms with Gasteiger partial charge in [-0.3, -0.25) is 10.1 Å². The van der Waals surface area contributed by atoms with Gasteiger partial charge in [-0.25, -0.2) is 0 Å². The monoisotopic (exact) mass is 205 g/mol. The van der Waals surface area contributed by atoms with Crippen molar-refractivity contribution >= 4 is 5.97 Å². The van der Waals surface area contributed by atoms with E-state index < -0.39 is 12.0 Å². The lowest BCUT2D eigenvalue weighted by Crippen LogP contribution is -2.47. The molecule has 0 spiro atoms. The van der Waals surface area contributed by atoms with Crippen molar-refractivity contribution in [2.24, 2.45) is 0 Å². The lowest BCUT2D eigenvalue weighted by atomic mass is 10.1. The molecule has 0 aromatic carbocycles. The number of carboxylic acids is 1. The maximum atomic E-state index is 10.7. The van der Waals surface area contributed by atoms with Gasteiger partial charge in [0, 0.05) is 20.8 Å². The first-order chi connectivity index (χ1) is 6.43. The maximum absolute atomic E-state index is 10.7. The van der Waals surface area contributed by atoms with E-state index in [1.54, 1.807) is 7.11 Å². The molecule has 0 rings (SSSR count). The second-order valence-corrected chi connectivity index (χ2v) is 3.69. The number of rotatable bonds is 7. The molecule has 0 aliphatic rings. The Labute approximate surface area is 84.4 Å². The highest BCUT2D eigenvalue weighted by Gasteiger charge is 2.22. The molecule has 0 aromatic heterocycles.